The van der Waals surface area contributed by atoms with E-state index in [-0.39, 0.29) is 35.3 Å². The Hall–Kier alpha value is 0.910. The minimum absolute atomic E-state index is 0. The van der Waals surface area contributed by atoms with E-state index < -0.39 is 10.1 Å². The Morgan fingerprint density at radius 3 is 1.47 bits per heavy atom. The summed E-state index contributed by atoms with van der Waals surface area (Å²) >= 11 is 0. The minimum atomic E-state index is -3.73. The molecule has 0 heterocycles. The van der Waals surface area contributed by atoms with Gasteiger partial charge in [0, 0.05) is 0 Å². The van der Waals surface area contributed by atoms with Gasteiger partial charge in [0.05, 0.1) is 5.75 Å². The van der Waals surface area contributed by atoms with Crippen molar-refractivity contribution < 1.29 is 42.5 Å². The van der Waals surface area contributed by atoms with Crippen LogP contribution in [0.1, 0.15) is 71.1 Å². The summed E-state index contributed by atoms with van der Waals surface area (Å²) in [4.78, 5) is 0. The summed E-state index contributed by atoms with van der Waals surface area (Å²) in [6.07, 6.45) is 11.7. The molecule has 0 bridgehead atoms. The third-order valence-corrected chi connectivity index (χ3v) is 3.56. The zero-order chi connectivity index (χ0) is 12.3. The molecule has 0 aliphatic rings. The fourth-order valence-corrected chi connectivity index (χ4v) is 2.34. The molecule has 0 aromatic rings. The minimum Gasteiger partial charge on any atom is -0.286 e. The fraction of sp³-hybridized carbons (Fsp3) is 1.00. The third-order valence-electron chi connectivity index (χ3n) is 2.76. The summed E-state index contributed by atoms with van der Waals surface area (Å²) in [7, 11) is -3.73. The number of unbranched alkanes of at least 4 members (excludes halogenated alkanes) is 9. The van der Waals surface area contributed by atoms with Gasteiger partial charge >= 0.3 is 29.6 Å². The van der Waals surface area contributed by atoms with Gasteiger partial charge in [-0.1, -0.05) is 64.7 Å². The Labute approximate surface area is 129 Å². The van der Waals surface area contributed by atoms with Crippen molar-refractivity contribution in [3.8, 4) is 0 Å². The van der Waals surface area contributed by atoms with Crippen molar-refractivity contribution in [1.82, 2.24) is 0 Å². The maximum Gasteiger partial charge on any atom is 1.00 e. The maximum atomic E-state index is 10.4. The summed E-state index contributed by atoms with van der Waals surface area (Å²) in [5, 5.41) is 0. The molecular weight excluding hydrogens is 247 g/mol. The summed E-state index contributed by atoms with van der Waals surface area (Å²) in [5.41, 5.74) is 0. The topological polar surface area (TPSA) is 54.4 Å². The molecule has 0 amide bonds. The molecule has 0 aromatic heterocycles. The molecule has 5 heteroatoms. The SMILES string of the molecule is CCCCCCCCCCCCS(=O)(=O)O.[Na+]. The second kappa shape index (κ2) is 13.3. The summed E-state index contributed by atoms with van der Waals surface area (Å²) in [5.74, 6) is -0.0799. The van der Waals surface area contributed by atoms with Crippen molar-refractivity contribution in [1.29, 1.82) is 0 Å². The number of hydrogen-bond donors (Lipinski definition) is 1. The molecule has 3 nitrogen and oxygen atoms in total. The van der Waals surface area contributed by atoms with Crippen molar-refractivity contribution in [2.75, 3.05) is 5.75 Å². The van der Waals surface area contributed by atoms with E-state index in [1.54, 1.807) is 0 Å². The number of rotatable bonds is 11. The third kappa shape index (κ3) is 19.4. The van der Waals surface area contributed by atoms with Crippen molar-refractivity contribution in [3.05, 3.63) is 0 Å². The van der Waals surface area contributed by atoms with Crippen molar-refractivity contribution >= 4 is 10.1 Å². The van der Waals surface area contributed by atoms with Gasteiger partial charge in [-0.3, -0.25) is 4.55 Å². The Morgan fingerprint density at radius 1 is 0.765 bits per heavy atom. The van der Waals surface area contributed by atoms with E-state index in [1.165, 1.54) is 44.9 Å². The smallest absolute Gasteiger partial charge is 0.286 e. The first-order valence-corrected chi connectivity index (χ1v) is 8.12. The molecule has 98 valence electrons. The van der Waals surface area contributed by atoms with Crippen molar-refractivity contribution in [2.24, 2.45) is 0 Å². The van der Waals surface area contributed by atoms with Gasteiger partial charge < -0.3 is 0 Å². The summed E-state index contributed by atoms with van der Waals surface area (Å²) in [6, 6.07) is 0. The molecule has 17 heavy (non-hydrogen) atoms. The van der Waals surface area contributed by atoms with Crippen molar-refractivity contribution in [3.63, 3.8) is 0 Å². The van der Waals surface area contributed by atoms with Gasteiger partial charge in [0.2, 0.25) is 0 Å². The van der Waals surface area contributed by atoms with Gasteiger partial charge in [-0.05, 0) is 6.42 Å². The van der Waals surface area contributed by atoms with Crippen LogP contribution in [0, 0.1) is 0 Å². The van der Waals surface area contributed by atoms with E-state index in [0.29, 0.717) is 6.42 Å². The van der Waals surface area contributed by atoms with Crippen LogP contribution in [0.5, 0.6) is 0 Å². The Balaban J connectivity index is 0. The molecule has 0 saturated heterocycles. The van der Waals surface area contributed by atoms with E-state index in [0.717, 1.165) is 12.8 Å². The number of hydrogen-bond acceptors (Lipinski definition) is 2. The largest absolute Gasteiger partial charge is 1.00 e. The van der Waals surface area contributed by atoms with Crippen LogP contribution in [0.3, 0.4) is 0 Å². The molecule has 0 aliphatic heterocycles. The van der Waals surface area contributed by atoms with Crippen LogP contribution < -0.4 is 29.6 Å². The predicted octanol–water partition coefficient (Wildman–Crippen LogP) is 0.799. The van der Waals surface area contributed by atoms with Gasteiger partial charge in [0.25, 0.3) is 10.1 Å². The van der Waals surface area contributed by atoms with Crippen molar-refractivity contribution in [2.45, 2.75) is 71.1 Å². The Morgan fingerprint density at radius 2 is 1.12 bits per heavy atom. The normalized spacial score (nSPS) is 11.2. The predicted molar refractivity (Wildman–Crippen MR) is 68.3 cm³/mol. The second-order valence-electron chi connectivity index (χ2n) is 4.47. The van der Waals surface area contributed by atoms with Crippen LogP contribution in [0.15, 0.2) is 0 Å². The molecule has 0 saturated carbocycles. The average Bonchev–Trinajstić information content (AvgIpc) is 2.19. The molecule has 0 rings (SSSR count). The van der Waals surface area contributed by atoms with E-state index in [9.17, 15) is 8.42 Å². The van der Waals surface area contributed by atoms with Crippen LogP contribution in [0.25, 0.3) is 0 Å². The van der Waals surface area contributed by atoms with Gasteiger partial charge in [-0.2, -0.15) is 8.42 Å². The molecule has 0 fully saturated rings. The molecule has 0 aromatic carbocycles. The first-order chi connectivity index (χ1) is 7.56. The quantitative estimate of drug-likeness (QED) is 0.344. The van der Waals surface area contributed by atoms with Crippen LogP contribution in [0.2, 0.25) is 0 Å². The van der Waals surface area contributed by atoms with E-state index in [4.69, 9.17) is 4.55 Å². The molecular formula is C12H26NaO3S+. The van der Waals surface area contributed by atoms with Crippen LogP contribution >= 0.6 is 0 Å². The van der Waals surface area contributed by atoms with Gasteiger partial charge in [-0.25, -0.2) is 0 Å². The molecule has 0 radical (unpaired) electrons. The average molecular weight is 273 g/mol. The molecule has 0 unspecified atom stereocenters. The first-order valence-electron chi connectivity index (χ1n) is 6.51. The van der Waals surface area contributed by atoms with E-state index in [1.807, 2.05) is 0 Å². The van der Waals surface area contributed by atoms with Crippen LogP contribution in [-0.2, 0) is 10.1 Å². The zero-order valence-corrected chi connectivity index (χ0v) is 14.3. The zero-order valence-electron chi connectivity index (χ0n) is 11.5. The summed E-state index contributed by atoms with van der Waals surface area (Å²) in [6.45, 7) is 2.22. The van der Waals surface area contributed by atoms with Gasteiger partial charge in [0.15, 0.2) is 0 Å². The van der Waals surface area contributed by atoms with E-state index >= 15 is 0 Å². The molecule has 0 spiro atoms. The molecule has 1 N–H and O–H groups in total. The summed E-state index contributed by atoms with van der Waals surface area (Å²) < 4.78 is 29.4. The van der Waals surface area contributed by atoms with Gasteiger partial charge in [0.1, 0.15) is 0 Å². The standard InChI is InChI=1S/C12H26O3S.Na/c1-2-3-4-5-6-7-8-9-10-11-12-16(13,14)15;/h2-12H2,1H3,(H,13,14,15);/q;+1. The fourth-order valence-electron chi connectivity index (χ4n) is 1.77. The second-order valence-corrected chi connectivity index (χ2v) is 6.04. The Kier molecular flexibility index (Phi) is 15.9. The molecule has 0 aliphatic carbocycles. The van der Waals surface area contributed by atoms with Crippen LogP contribution in [-0.4, -0.2) is 18.7 Å². The monoisotopic (exact) mass is 273 g/mol. The van der Waals surface area contributed by atoms with E-state index in [2.05, 4.69) is 6.92 Å². The molecule has 0 atom stereocenters. The first kappa shape index (κ1) is 20.2. The van der Waals surface area contributed by atoms with Gasteiger partial charge in [-0.15, -0.1) is 0 Å². The maximum absolute atomic E-state index is 10.4. The van der Waals surface area contributed by atoms with Crippen LogP contribution in [0.4, 0.5) is 0 Å². The Bertz CT molecular complexity index is 240.